The summed E-state index contributed by atoms with van der Waals surface area (Å²) in [6, 6.07) is 16.4. The molecule has 0 bridgehead atoms. The highest BCUT2D eigenvalue weighted by Gasteiger charge is 2.17. The number of amides is 1. The van der Waals surface area contributed by atoms with Gasteiger partial charge in [0.05, 0.1) is 0 Å². The first-order chi connectivity index (χ1) is 12.1. The Morgan fingerprint density at radius 3 is 2.40 bits per heavy atom. The van der Waals surface area contributed by atoms with E-state index in [9.17, 15) is 4.79 Å². The highest BCUT2D eigenvalue weighted by molar-refractivity contribution is 5.95. The van der Waals surface area contributed by atoms with E-state index in [1.165, 1.54) is 5.69 Å². The van der Waals surface area contributed by atoms with Gasteiger partial charge in [0.1, 0.15) is 0 Å². The number of rotatable bonds is 5. The molecule has 3 rings (SSSR count). The Morgan fingerprint density at radius 1 is 0.960 bits per heavy atom. The lowest BCUT2D eigenvalue weighted by molar-refractivity contribution is 0.0947. The van der Waals surface area contributed by atoms with Crippen molar-refractivity contribution in [3.05, 3.63) is 65.2 Å². The lowest BCUT2D eigenvalue weighted by Crippen LogP contribution is -2.48. The van der Waals surface area contributed by atoms with Gasteiger partial charge in [-0.3, -0.25) is 9.69 Å². The largest absolute Gasteiger partial charge is 0.369 e. The Balaban J connectivity index is 1.43. The Labute approximate surface area is 150 Å². The zero-order valence-electron chi connectivity index (χ0n) is 15.2. The van der Waals surface area contributed by atoms with Crippen LogP contribution in [-0.2, 0) is 0 Å². The molecule has 4 nitrogen and oxygen atoms in total. The number of nitrogens with zero attached hydrogens (tertiary/aromatic N) is 2. The number of carbonyl (C=O) groups is 1. The molecule has 1 amide bonds. The molecule has 0 unspecified atom stereocenters. The van der Waals surface area contributed by atoms with Crippen LogP contribution >= 0.6 is 0 Å². The maximum atomic E-state index is 12.4. The molecule has 1 N–H and O–H groups in total. The molecule has 0 saturated carbocycles. The van der Waals surface area contributed by atoms with Gasteiger partial charge in [-0.1, -0.05) is 30.3 Å². The third kappa shape index (κ3) is 4.40. The van der Waals surface area contributed by atoms with Crippen LogP contribution in [0.3, 0.4) is 0 Å². The molecule has 1 aliphatic heterocycles. The Morgan fingerprint density at radius 2 is 1.68 bits per heavy atom. The summed E-state index contributed by atoms with van der Waals surface area (Å²) in [5.74, 6) is 0.0316. The molecule has 0 spiro atoms. The van der Waals surface area contributed by atoms with Gasteiger partial charge in [0.25, 0.3) is 5.91 Å². The monoisotopic (exact) mass is 337 g/mol. The molecule has 2 aromatic rings. The van der Waals surface area contributed by atoms with Crippen LogP contribution in [0.15, 0.2) is 48.5 Å². The van der Waals surface area contributed by atoms with E-state index in [1.54, 1.807) is 0 Å². The molecule has 0 atom stereocenters. The quantitative estimate of drug-likeness (QED) is 0.911. The summed E-state index contributed by atoms with van der Waals surface area (Å²) in [7, 11) is 0. The number of piperazine rings is 1. The Bertz CT molecular complexity index is 706. The predicted octanol–water partition coefficient (Wildman–Crippen LogP) is 2.86. The SMILES string of the molecule is Cc1cccc(C(=O)NCCN2CCN(c3ccccc3)CC2)c1C. The van der Waals surface area contributed by atoms with Crippen molar-refractivity contribution in [2.75, 3.05) is 44.2 Å². The predicted molar refractivity (Wildman–Crippen MR) is 103 cm³/mol. The molecule has 132 valence electrons. The number of hydrogen-bond acceptors (Lipinski definition) is 3. The zero-order valence-corrected chi connectivity index (χ0v) is 15.2. The molecule has 2 aromatic carbocycles. The van der Waals surface area contributed by atoms with Crippen molar-refractivity contribution in [1.29, 1.82) is 0 Å². The summed E-state index contributed by atoms with van der Waals surface area (Å²) in [5.41, 5.74) is 4.31. The fraction of sp³-hybridized carbons (Fsp3) is 0.381. The van der Waals surface area contributed by atoms with E-state index in [-0.39, 0.29) is 5.91 Å². The van der Waals surface area contributed by atoms with Gasteiger partial charge < -0.3 is 10.2 Å². The van der Waals surface area contributed by atoms with E-state index < -0.39 is 0 Å². The molecular formula is C21H27N3O. The van der Waals surface area contributed by atoms with Gasteiger partial charge in [0.2, 0.25) is 0 Å². The molecule has 1 fully saturated rings. The van der Waals surface area contributed by atoms with Gasteiger partial charge in [-0.2, -0.15) is 0 Å². The molecule has 4 heteroatoms. The number of hydrogen-bond donors (Lipinski definition) is 1. The Kier molecular flexibility index (Phi) is 5.71. The minimum Gasteiger partial charge on any atom is -0.369 e. The van der Waals surface area contributed by atoms with Gasteiger partial charge in [0, 0.05) is 50.5 Å². The molecule has 1 saturated heterocycles. The summed E-state index contributed by atoms with van der Waals surface area (Å²) in [4.78, 5) is 17.2. The van der Waals surface area contributed by atoms with Crippen molar-refractivity contribution in [2.24, 2.45) is 0 Å². The van der Waals surface area contributed by atoms with E-state index in [0.29, 0.717) is 6.54 Å². The number of benzene rings is 2. The molecule has 0 aliphatic carbocycles. The first-order valence-corrected chi connectivity index (χ1v) is 9.02. The molecule has 0 aromatic heterocycles. The highest BCUT2D eigenvalue weighted by atomic mass is 16.1. The number of carbonyl (C=O) groups excluding carboxylic acids is 1. The smallest absolute Gasteiger partial charge is 0.251 e. The number of nitrogens with one attached hydrogen (secondary N) is 1. The van der Waals surface area contributed by atoms with E-state index in [2.05, 4.69) is 45.4 Å². The fourth-order valence-corrected chi connectivity index (χ4v) is 3.29. The van der Waals surface area contributed by atoms with Crippen molar-refractivity contribution < 1.29 is 4.79 Å². The van der Waals surface area contributed by atoms with Gasteiger partial charge in [-0.05, 0) is 43.2 Å². The van der Waals surface area contributed by atoms with Crippen molar-refractivity contribution in [3.8, 4) is 0 Å². The van der Waals surface area contributed by atoms with Crippen LogP contribution in [0, 0.1) is 13.8 Å². The maximum absolute atomic E-state index is 12.4. The van der Waals surface area contributed by atoms with Crippen LogP contribution < -0.4 is 10.2 Å². The summed E-state index contributed by atoms with van der Waals surface area (Å²) < 4.78 is 0. The molecule has 1 heterocycles. The van der Waals surface area contributed by atoms with Crippen molar-refractivity contribution in [2.45, 2.75) is 13.8 Å². The standard InChI is InChI=1S/C21H27N3O/c1-17-7-6-10-20(18(17)2)21(25)22-11-12-23-13-15-24(16-14-23)19-8-4-3-5-9-19/h3-10H,11-16H2,1-2H3,(H,22,25). The molecule has 1 aliphatic rings. The van der Waals surface area contributed by atoms with Crippen molar-refractivity contribution in [1.82, 2.24) is 10.2 Å². The van der Waals surface area contributed by atoms with Gasteiger partial charge >= 0.3 is 0 Å². The van der Waals surface area contributed by atoms with Crippen LogP contribution in [0.4, 0.5) is 5.69 Å². The van der Waals surface area contributed by atoms with E-state index in [1.807, 2.05) is 32.0 Å². The van der Waals surface area contributed by atoms with Crippen LogP contribution in [0.25, 0.3) is 0 Å². The van der Waals surface area contributed by atoms with Crippen LogP contribution in [-0.4, -0.2) is 50.1 Å². The summed E-state index contributed by atoms with van der Waals surface area (Å²) in [6.07, 6.45) is 0. The van der Waals surface area contributed by atoms with Gasteiger partial charge in [-0.25, -0.2) is 0 Å². The van der Waals surface area contributed by atoms with Crippen molar-refractivity contribution >= 4 is 11.6 Å². The second-order valence-corrected chi connectivity index (χ2v) is 6.67. The minimum atomic E-state index is 0.0316. The summed E-state index contributed by atoms with van der Waals surface area (Å²) >= 11 is 0. The van der Waals surface area contributed by atoms with E-state index in [4.69, 9.17) is 0 Å². The molecule has 0 radical (unpaired) electrons. The Hall–Kier alpha value is -2.33. The van der Waals surface area contributed by atoms with E-state index >= 15 is 0 Å². The summed E-state index contributed by atoms with van der Waals surface area (Å²) in [5, 5.41) is 3.06. The first kappa shape index (κ1) is 17.5. The number of aryl methyl sites for hydroxylation is 1. The van der Waals surface area contributed by atoms with Crippen LogP contribution in [0.5, 0.6) is 0 Å². The number of para-hydroxylation sites is 1. The average Bonchev–Trinajstić information content (AvgIpc) is 2.65. The maximum Gasteiger partial charge on any atom is 0.251 e. The normalized spacial score (nSPS) is 15.2. The zero-order chi connectivity index (χ0) is 17.6. The fourth-order valence-electron chi connectivity index (χ4n) is 3.29. The number of anilines is 1. The highest BCUT2D eigenvalue weighted by Crippen LogP contribution is 2.15. The van der Waals surface area contributed by atoms with Crippen LogP contribution in [0.2, 0.25) is 0 Å². The summed E-state index contributed by atoms with van der Waals surface area (Å²) in [6.45, 7) is 9.79. The second-order valence-electron chi connectivity index (χ2n) is 6.67. The lowest BCUT2D eigenvalue weighted by atomic mass is 10.0. The first-order valence-electron chi connectivity index (χ1n) is 9.02. The van der Waals surface area contributed by atoms with E-state index in [0.717, 1.165) is 49.4 Å². The van der Waals surface area contributed by atoms with Gasteiger partial charge in [0.15, 0.2) is 0 Å². The van der Waals surface area contributed by atoms with Crippen molar-refractivity contribution in [3.63, 3.8) is 0 Å². The van der Waals surface area contributed by atoms with Gasteiger partial charge in [-0.15, -0.1) is 0 Å². The second kappa shape index (κ2) is 8.17. The lowest BCUT2D eigenvalue weighted by Gasteiger charge is -2.36. The molecule has 25 heavy (non-hydrogen) atoms. The van der Waals surface area contributed by atoms with Crippen LogP contribution in [0.1, 0.15) is 21.5 Å². The third-order valence-corrected chi connectivity index (χ3v) is 5.06. The average molecular weight is 337 g/mol. The third-order valence-electron chi connectivity index (χ3n) is 5.06. The topological polar surface area (TPSA) is 35.6 Å². The minimum absolute atomic E-state index is 0.0316. The molecular weight excluding hydrogens is 310 g/mol.